The van der Waals surface area contributed by atoms with E-state index in [1.165, 1.54) is 0 Å². The Kier molecular flexibility index (Phi) is 5.16. The zero-order valence-electron chi connectivity index (χ0n) is 11.6. The zero-order valence-corrected chi connectivity index (χ0v) is 14.0. The van der Waals surface area contributed by atoms with Crippen molar-refractivity contribution < 1.29 is 8.42 Å². The van der Waals surface area contributed by atoms with Crippen molar-refractivity contribution in [2.45, 2.75) is 24.4 Å². The van der Waals surface area contributed by atoms with Gasteiger partial charge in [0.05, 0.1) is 4.90 Å². The van der Waals surface area contributed by atoms with E-state index in [-0.39, 0.29) is 17.5 Å². The van der Waals surface area contributed by atoms with Crippen LogP contribution in [0, 0.1) is 0 Å². The molecule has 0 saturated heterocycles. The number of sulfonamides is 1. The van der Waals surface area contributed by atoms with Crippen molar-refractivity contribution in [3.8, 4) is 0 Å². The van der Waals surface area contributed by atoms with Gasteiger partial charge in [-0.3, -0.25) is 0 Å². The zero-order chi connectivity index (χ0) is 15.5. The van der Waals surface area contributed by atoms with Crippen LogP contribution in [0.25, 0.3) is 0 Å². The average Bonchev–Trinajstić information content (AvgIpc) is 2.46. The second-order valence-corrected chi connectivity index (χ2v) is 7.39. The summed E-state index contributed by atoms with van der Waals surface area (Å²) in [4.78, 5) is 0.235. The van der Waals surface area contributed by atoms with Crippen molar-refractivity contribution in [3.63, 3.8) is 0 Å². The minimum absolute atomic E-state index is 0.116. The highest BCUT2D eigenvalue weighted by Gasteiger charge is 2.14. The lowest BCUT2D eigenvalue weighted by Crippen LogP contribution is -2.23. The minimum atomic E-state index is -3.53. The van der Waals surface area contributed by atoms with Gasteiger partial charge in [0, 0.05) is 17.1 Å². The van der Waals surface area contributed by atoms with Gasteiger partial charge in [-0.15, -0.1) is 0 Å². The van der Waals surface area contributed by atoms with Crippen LogP contribution in [0.3, 0.4) is 0 Å². The average molecular weight is 369 g/mol. The molecule has 0 amide bonds. The maximum atomic E-state index is 12.2. The quantitative estimate of drug-likeness (QED) is 0.851. The Morgan fingerprint density at radius 1 is 1.14 bits per heavy atom. The monoisotopic (exact) mass is 368 g/mol. The molecule has 0 heterocycles. The molecule has 6 heteroatoms. The van der Waals surface area contributed by atoms with E-state index in [4.69, 9.17) is 5.73 Å². The first kappa shape index (κ1) is 16.2. The van der Waals surface area contributed by atoms with Crippen LogP contribution in [0.5, 0.6) is 0 Å². The lowest BCUT2D eigenvalue weighted by molar-refractivity contribution is 0.581. The first-order valence-corrected chi connectivity index (χ1v) is 8.76. The fourth-order valence-corrected chi connectivity index (χ4v) is 3.28. The molecule has 0 radical (unpaired) electrons. The first-order valence-electron chi connectivity index (χ1n) is 6.49. The topological polar surface area (TPSA) is 72.2 Å². The molecule has 0 aliphatic rings. The Morgan fingerprint density at radius 2 is 1.76 bits per heavy atom. The molecule has 0 bridgehead atoms. The molecule has 2 rings (SSSR count). The molecule has 0 saturated carbocycles. The SMILES string of the molecule is CC(N)c1ccc(S(=O)(=O)NCc2ccccc2Br)cc1. The molecule has 1 unspecified atom stereocenters. The van der Waals surface area contributed by atoms with Gasteiger partial charge >= 0.3 is 0 Å². The first-order chi connectivity index (χ1) is 9.90. The smallest absolute Gasteiger partial charge is 0.240 e. The van der Waals surface area contributed by atoms with Crippen LogP contribution >= 0.6 is 15.9 Å². The van der Waals surface area contributed by atoms with Crippen LogP contribution in [0.2, 0.25) is 0 Å². The Balaban J connectivity index is 2.13. The number of nitrogens with two attached hydrogens (primary N) is 1. The molecule has 0 aliphatic heterocycles. The summed E-state index contributed by atoms with van der Waals surface area (Å²) in [5, 5.41) is 0. The molecule has 2 aromatic carbocycles. The van der Waals surface area contributed by atoms with E-state index in [0.29, 0.717) is 0 Å². The molecule has 2 aromatic rings. The van der Waals surface area contributed by atoms with Crippen LogP contribution in [0.1, 0.15) is 24.1 Å². The predicted octanol–water partition coefficient (Wildman–Crippen LogP) is 2.95. The van der Waals surface area contributed by atoms with Gasteiger partial charge < -0.3 is 5.73 Å². The maximum absolute atomic E-state index is 12.2. The van der Waals surface area contributed by atoms with Gasteiger partial charge in [0.2, 0.25) is 10.0 Å². The van der Waals surface area contributed by atoms with Gasteiger partial charge in [-0.1, -0.05) is 46.3 Å². The van der Waals surface area contributed by atoms with E-state index in [1.54, 1.807) is 24.3 Å². The third kappa shape index (κ3) is 4.14. The van der Waals surface area contributed by atoms with Gasteiger partial charge in [-0.25, -0.2) is 13.1 Å². The molecule has 0 spiro atoms. The van der Waals surface area contributed by atoms with Crippen molar-refractivity contribution >= 4 is 26.0 Å². The fraction of sp³-hybridized carbons (Fsp3) is 0.200. The summed E-state index contributed by atoms with van der Waals surface area (Å²) in [6.07, 6.45) is 0. The lowest BCUT2D eigenvalue weighted by atomic mass is 10.1. The van der Waals surface area contributed by atoms with Gasteiger partial charge in [-0.05, 0) is 36.2 Å². The largest absolute Gasteiger partial charge is 0.324 e. The number of rotatable bonds is 5. The highest BCUT2D eigenvalue weighted by molar-refractivity contribution is 9.10. The van der Waals surface area contributed by atoms with Crippen molar-refractivity contribution in [1.29, 1.82) is 0 Å². The molecule has 21 heavy (non-hydrogen) atoms. The third-order valence-corrected chi connectivity index (χ3v) is 5.32. The van der Waals surface area contributed by atoms with Crippen LogP contribution in [0.4, 0.5) is 0 Å². The summed E-state index contributed by atoms with van der Waals surface area (Å²) >= 11 is 3.40. The van der Waals surface area contributed by atoms with Gasteiger partial charge in [0.25, 0.3) is 0 Å². The predicted molar refractivity (Wildman–Crippen MR) is 87.2 cm³/mol. The molecular formula is C15H17BrN2O2S. The number of halogens is 1. The second-order valence-electron chi connectivity index (χ2n) is 4.77. The van der Waals surface area contributed by atoms with E-state index in [2.05, 4.69) is 20.7 Å². The number of benzene rings is 2. The summed E-state index contributed by atoms with van der Waals surface area (Å²) in [7, 11) is -3.53. The van der Waals surface area contributed by atoms with E-state index in [1.807, 2.05) is 31.2 Å². The molecule has 0 aliphatic carbocycles. The number of nitrogens with one attached hydrogen (secondary N) is 1. The molecule has 4 nitrogen and oxygen atoms in total. The summed E-state index contributed by atoms with van der Waals surface area (Å²) in [6.45, 7) is 2.09. The van der Waals surface area contributed by atoms with Crippen LogP contribution in [0.15, 0.2) is 57.9 Å². The minimum Gasteiger partial charge on any atom is -0.324 e. The molecule has 3 N–H and O–H groups in total. The van der Waals surface area contributed by atoms with E-state index in [0.717, 1.165) is 15.6 Å². The third-order valence-electron chi connectivity index (χ3n) is 3.13. The molecule has 0 fully saturated rings. The summed E-state index contributed by atoms with van der Waals surface area (Å²) in [5.74, 6) is 0. The highest BCUT2D eigenvalue weighted by atomic mass is 79.9. The number of hydrogen-bond acceptors (Lipinski definition) is 3. The van der Waals surface area contributed by atoms with Crippen LogP contribution in [-0.4, -0.2) is 8.42 Å². The fourth-order valence-electron chi connectivity index (χ4n) is 1.85. The Bertz CT molecular complexity index is 713. The lowest BCUT2D eigenvalue weighted by Gasteiger charge is -2.10. The van der Waals surface area contributed by atoms with Gasteiger partial charge in [-0.2, -0.15) is 0 Å². The van der Waals surface area contributed by atoms with Crippen molar-refractivity contribution in [1.82, 2.24) is 4.72 Å². The van der Waals surface area contributed by atoms with E-state index < -0.39 is 10.0 Å². The number of hydrogen-bond donors (Lipinski definition) is 2. The summed E-state index contributed by atoms with van der Waals surface area (Å²) in [6, 6.07) is 14.0. The standard InChI is InChI=1S/C15H17BrN2O2S/c1-11(17)12-6-8-14(9-7-12)21(19,20)18-10-13-4-2-3-5-15(13)16/h2-9,11,18H,10,17H2,1H3. The normalized spacial score (nSPS) is 13.1. The van der Waals surface area contributed by atoms with Crippen molar-refractivity contribution in [2.24, 2.45) is 5.73 Å². The van der Waals surface area contributed by atoms with Crippen molar-refractivity contribution in [2.75, 3.05) is 0 Å². The Morgan fingerprint density at radius 3 is 2.33 bits per heavy atom. The summed E-state index contributed by atoms with van der Waals surface area (Å²) < 4.78 is 27.9. The second kappa shape index (κ2) is 6.70. The maximum Gasteiger partial charge on any atom is 0.240 e. The molecular weight excluding hydrogens is 352 g/mol. The molecule has 1 atom stereocenters. The molecule has 112 valence electrons. The van der Waals surface area contributed by atoms with Crippen LogP contribution < -0.4 is 10.5 Å². The van der Waals surface area contributed by atoms with E-state index >= 15 is 0 Å². The summed E-state index contributed by atoms with van der Waals surface area (Å²) in [5.41, 5.74) is 7.54. The van der Waals surface area contributed by atoms with Gasteiger partial charge in [0.1, 0.15) is 0 Å². The highest BCUT2D eigenvalue weighted by Crippen LogP contribution is 2.18. The Hall–Kier alpha value is -1.21. The molecule has 0 aromatic heterocycles. The Labute approximate surface area is 133 Å². The van der Waals surface area contributed by atoms with Crippen molar-refractivity contribution in [3.05, 3.63) is 64.1 Å². The van der Waals surface area contributed by atoms with Gasteiger partial charge in [0.15, 0.2) is 0 Å². The van der Waals surface area contributed by atoms with Crippen LogP contribution in [-0.2, 0) is 16.6 Å². The van der Waals surface area contributed by atoms with E-state index in [9.17, 15) is 8.42 Å².